The molecule has 1 aromatic heterocycles. The second-order valence-corrected chi connectivity index (χ2v) is 5.25. The molecule has 19 heavy (non-hydrogen) atoms. The van der Waals surface area contributed by atoms with E-state index in [4.69, 9.17) is 0 Å². The lowest BCUT2D eigenvalue weighted by Crippen LogP contribution is -2.05. The Morgan fingerprint density at radius 1 is 1.21 bits per heavy atom. The molecule has 0 bridgehead atoms. The number of nitrogens with one attached hydrogen (secondary N) is 1. The smallest absolute Gasteiger partial charge is 0.223 e. The van der Waals surface area contributed by atoms with Crippen LogP contribution in [0, 0.1) is 12.7 Å². The summed E-state index contributed by atoms with van der Waals surface area (Å²) in [7, 11) is 0. The van der Waals surface area contributed by atoms with Gasteiger partial charge < -0.3 is 5.32 Å². The fourth-order valence-electron chi connectivity index (χ4n) is 1.53. The van der Waals surface area contributed by atoms with Crippen molar-refractivity contribution in [3.05, 3.63) is 41.8 Å². The quantitative estimate of drug-likeness (QED) is 0.841. The fourth-order valence-corrected chi connectivity index (χ4v) is 2.41. The van der Waals surface area contributed by atoms with E-state index in [1.165, 1.54) is 23.9 Å². The highest BCUT2D eigenvalue weighted by molar-refractivity contribution is 7.99. The summed E-state index contributed by atoms with van der Waals surface area (Å²) in [6, 6.07) is 8.32. The summed E-state index contributed by atoms with van der Waals surface area (Å²) in [6.07, 6.45) is 1.03. The number of hydrogen-bond acceptors (Lipinski definition) is 4. The Bertz CT molecular complexity index is 543. The Morgan fingerprint density at radius 3 is 2.63 bits per heavy atom. The SMILES string of the molecule is CCCNc1nc(C)cc(Sc2ccc(F)cc2)n1. The fraction of sp³-hybridized carbons (Fsp3) is 0.286. The van der Waals surface area contributed by atoms with Crippen LogP contribution in [-0.2, 0) is 0 Å². The van der Waals surface area contributed by atoms with Gasteiger partial charge in [0.1, 0.15) is 10.8 Å². The maximum absolute atomic E-state index is 12.8. The van der Waals surface area contributed by atoms with E-state index >= 15 is 0 Å². The van der Waals surface area contributed by atoms with Crippen molar-refractivity contribution in [2.45, 2.75) is 30.2 Å². The van der Waals surface area contributed by atoms with Crippen LogP contribution >= 0.6 is 11.8 Å². The first-order chi connectivity index (χ1) is 9.17. The molecule has 1 N–H and O–H groups in total. The Morgan fingerprint density at radius 2 is 1.95 bits per heavy atom. The van der Waals surface area contributed by atoms with Gasteiger partial charge in [0.05, 0.1) is 0 Å². The molecule has 0 aliphatic heterocycles. The number of aromatic nitrogens is 2. The van der Waals surface area contributed by atoms with E-state index in [9.17, 15) is 4.39 Å². The molecule has 0 unspecified atom stereocenters. The van der Waals surface area contributed by atoms with Gasteiger partial charge in [-0.05, 0) is 43.7 Å². The van der Waals surface area contributed by atoms with Gasteiger partial charge in [0, 0.05) is 17.1 Å². The van der Waals surface area contributed by atoms with Crippen LogP contribution in [0.4, 0.5) is 10.3 Å². The molecule has 0 aliphatic carbocycles. The zero-order chi connectivity index (χ0) is 13.7. The van der Waals surface area contributed by atoms with Gasteiger partial charge in [-0.15, -0.1) is 0 Å². The second kappa shape index (κ2) is 6.52. The molecule has 0 spiro atoms. The molecule has 0 fully saturated rings. The van der Waals surface area contributed by atoms with E-state index in [0.29, 0.717) is 5.95 Å². The molecular formula is C14H16FN3S. The van der Waals surface area contributed by atoms with Crippen molar-refractivity contribution in [3.8, 4) is 0 Å². The number of aryl methyl sites for hydroxylation is 1. The molecular weight excluding hydrogens is 261 g/mol. The summed E-state index contributed by atoms with van der Waals surface area (Å²) in [6.45, 7) is 4.88. The summed E-state index contributed by atoms with van der Waals surface area (Å²) in [4.78, 5) is 9.73. The van der Waals surface area contributed by atoms with E-state index in [-0.39, 0.29) is 5.82 Å². The molecule has 0 atom stereocenters. The van der Waals surface area contributed by atoms with Crippen molar-refractivity contribution < 1.29 is 4.39 Å². The van der Waals surface area contributed by atoms with Crippen LogP contribution in [0.1, 0.15) is 19.0 Å². The van der Waals surface area contributed by atoms with Gasteiger partial charge in [0.2, 0.25) is 5.95 Å². The summed E-state index contributed by atoms with van der Waals surface area (Å²) in [5.74, 6) is 0.417. The minimum atomic E-state index is -0.228. The van der Waals surface area contributed by atoms with Crippen molar-refractivity contribution in [3.63, 3.8) is 0 Å². The zero-order valence-electron chi connectivity index (χ0n) is 11.0. The highest BCUT2D eigenvalue weighted by Gasteiger charge is 2.04. The zero-order valence-corrected chi connectivity index (χ0v) is 11.8. The normalized spacial score (nSPS) is 10.5. The summed E-state index contributed by atoms with van der Waals surface area (Å²) in [5.41, 5.74) is 0.915. The van der Waals surface area contributed by atoms with Crippen LogP contribution in [0.15, 0.2) is 40.3 Å². The van der Waals surface area contributed by atoms with Crippen LogP contribution in [0.2, 0.25) is 0 Å². The molecule has 0 saturated carbocycles. The molecule has 1 heterocycles. The number of anilines is 1. The van der Waals surface area contributed by atoms with Crippen LogP contribution in [0.3, 0.4) is 0 Å². The van der Waals surface area contributed by atoms with Crippen LogP contribution in [0.25, 0.3) is 0 Å². The van der Waals surface area contributed by atoms with E-state index in [1.807, 2.05) is 13.0 Å². The van der Waals surface area contributed by atoms with Crippen molar-refractivity contribution in [1.29, 1.82) is 0 Å². The standard InChI is InChI=1S/C14H16FN3S/c1-3-8-16-14-17-10(2)9-13(18-14)19-12-6-4-11(15)5-7-12/h4-7,9H,3,8H2,1-2H3,(H,16,17,18). The Labute approximate surface area is 116 Å². The van der Waals surface area contributed by atoms with Gasteiger partial charge in [0.25, 0.3) is 0 Å². The summed E-state index contributed by atoms with van der Waals surface area (Å²) in [5, 5.41) is 4.03. The highest BCUT2D eigenvalue weighted by Crippen LogP contribution is 2.27. The molecule has 3 nitrogen and oxygen atoms in total. The average Bonchev–Trinajstić information content (AvgIpc) is 2.38. The molecule has 2 rings (SSSR count). The van der Waals surface area contributed by atoms with Crippen molar-refractivity contribution in [2.24, 2.45) is 0 Å². The maximum atomic E-state index is 12.8. The van der Waals surface area contributed by atoms with E-state index in [1.54, 1.807) is 12.1 Å². The van der Waals surface area contributed by atoms with E-state index in [2.05, 4.69) is 22.2 Å². The molecule has 0 aliphatic rings. The van der Waals surface area contributed by atoms with Gasteiger partial charge in [-0.3, -0.25) is 0 Å². The topological polar surface area (TPSA) is 37.8 Å². The van der Waals surface area contributed by atoms with Gasteiger partial charge in [-0.1, -0.05) is 18.7 Å². The number of rotatable bonds is 5. The number of nitrogens with zero attached hydrogens (tertiary/aromatic N) is 2. The Hall–Kier alpha value is -1.62. The van der Waals surface area contributed by atoms with E-state index in [0.717, 1.165) is 28.6 Å². The van der Waals surface area contributed by atoms with E-state index < -0.39 is 0 Å². The lowest BCUT2D eigenvalue weighted by Gasteiger charge is -2.07. The first-order valence-corrected chi connectivity index (χ1v) is 7.02. The number of halogens is 1. The summed E-state index contributed by atoms with van der Waals surface area (Å²) >= 11 is 1.50. The third-order valence-electron chi connectivity index (χ3n) is 2.40. The molecule has 100 valence electrons. The molecule has 1 aromatic carbocycles. The monoisotopic (exact) mass is 277 g/mol. The first kappa shape index (κ1) is 13.8. The Kier molecular flexibility index (Phi) is 4.74. The second-order valence-electron chi connectivity index (χ2n) is 4.15. The first-order valence-electron chi connectivity index (χ1n) is 6.20. The van der Waals surface area contributed by atoms with Crippen LogP contribution in [0.5, 0.6) is 0 Å². The van der Waals surface area contributed by atoms with Gasteiger partial charge in [-0.2, -0.15) is 0 Å². The van der Waals surface area contributed by atoms with Crippen molar-refractivity contribution in [2.75, 3.05) is 11.9 Å². The van der Waals surface area contributed by atoms with Gasteiger partial charge in [-0.25, -0.2) is 14.4 Å². The minimum Gasteiger partial charge on any atom is -0.354 e. The third-order valence-corrected chi connectivity index (χ3v) is 3.33. The van der Waals surface area contributed by atoms with Crippen LogP contribution in [-0.4, -0.2) is 16.5 Å². The molecule has 0 amide bonds. The molecule has 0 saturated heterocycles. The third kappa shape index (κ3) is 4.21. The Balaban J connectivity index is 2.15. The average molecular weight is 277 g/mol. The highest BCUT2D eigenvalue weighted by atomic mass is 32.2. The van der Waals surface area contributed by atoms with Crippen LogP contribution < -0.4 is 5.32 Å². The maximum Gasteiger partial charge on any atom is 0.223 e. The summed E-state index contributed by atoms with van der Waals surface area (Å²) < 4.78 is 12.8. The molecule has 2 aromatic rings. The van der Waals surface area contributed by atoms with Gasteiger partial charge in [0.15, 0.2) is 0 Å². The minimum absolute atomic E-state index is 0.228. The number of benzene rings is 1. The lowest BCUT2D eigenvalue weighted by molar-refractivity contribution is 0.626. The molecule has 0 radical (unpaired) electrons. The number of hydrogen-bond donors (Lipinski definition) is 1. The van der Waals surface area contributed by atoms with Crippen molar-refractivity contribution >= 4 is 17.7 Å². The van der Waals surface area contributed by atoms with Crippen molar-refractivity contribution in [1.82, 2.24) is 9.97 Å². The predicted octanol–water partition coefficient (Wildman–Crippen LogP) is 3.90. The molecule has 5 heteroatoms. The lowest BCUT2D eigenvalue weighted by atomic mass is 10.4. The van der Waals surface area contributed by atoms with Gasteiger partial charge >= 0.3 is 0 Å². The predicted molar refractivity (Wildman–Crippen MR) is 76.1 cm³/mol. The largest absolute Gasteiger partial charge is 0.354 e.